The van der Waals surface area contributed by atoms with E-state index in [2.05, 4.69) is 77.3 Å². The molecule has 4 nitrogen and oxygen atoms in total. The van der Waals surface area contributed by atoms with Gasteiger partial charge in [-0.15, -0.1) is 0 Å². The Labute approximate surface area is 191 Å². The van der Waals surface area contributed by atoms with Crippen molar-refractivity contribution < 1.29 is 4.79 Å². The number of hydrogen-bond acceptors (Lipinski definition) is 3. The molecule has 0 unspecified atom stereocenters. The monoisotopic (exact) mass is 437 g/mol. The Hall–Kier alpha value is -3.57. The van der Waals surface area contributed by atoms with E-state index < -0.39 is 0 Å². The summed E-state index contributed by atoms with van der Waals surface area (Å²) in [5.74, 6) is -0.115. The first-order chi connectivity index (χ1) is 15.5. The smallest absolute Gasteiger partial charge is 0.264 e. The van der Waals surface area contributed by atoms with Crippen LogP contribution in [0, 0.1) is 20.8 Å². The first kappa shape index (κ1) is 20.3. The van der Waals surface area contributed by atoms with Crippen LogP contribution in [0.15, 0.2) is 82.7 Å². The molecule has 4 aromatic rings. The van der Waals surface area contributed by atoms with Crippen LogP contribution >= 0.6 is 11.8 Å². The molecule has 1 fully saturated rings. The number of carbonyl (C=O) groups excluding carboxylic acids is 1. The Morgan fingerprint density at radius 2 is 1.69 bits per heavy atom. The summed E-state index contributed by atoms with van der Waals surface area (Å²) >= 11 is 1.38. The molecule has 0 radical (unpaired) electrons. The molecule has 0 atom stereocenters. The standard InChI is InChI=1S/C27H23N3OS/c1-17-11-13-22(14-12-17)28-27-29-26(31)25(32-27)16-21-15-18(2)30(19(21)3)24-10-6-8-20-7-4-5-9-23(20)24/h4-16H,1-3H3,(H,28,29,31)/b25-16+. The predicted octanol–water partition coefficient (Wildman–Crippen LogP) is 6.45. The van der Waals surface area contributed by atoms with Gasteiger partial charge in [-0.1, -0.05) is 54.1 Å². The summed E-state index contributed by atoms with van der Waals surface area (Å²) in [5, 5.41) is 5.90. The van der Waals surface area contributed by atoms with Gasteiger partial charge in [-0.3, -0.25) is 4.79 Å². The number of aryl methyl sites for hydroxylation is 2. The van der Waals surface area contributed by atoms with Gasteiger partial charge < -0.3 is 9.88 Å². The van der Waals surface area contributed by atoms with Crippen LogP contribution < -0.4 is 5.32 Å². The number of fused-ring (bicyclic) bond motifs is 1. The number of thioether (sulfide) groups is 1. The molecule has 1 aliphatic rings. The molecular formula is C27H23N3OS. The van der Waals surface area contributed by atoms with Crippen LogP contribution in [-0.2, 0) is 4.79 Å². The lowest BCUT2D eigenvalue weighted by molar-refractivity contribution is -0.115. The summed E-state index contributed by atoms with van der Waals surface area (Å²) in [6.45, 7) is 6.24. The van der Waals surface area contributed by atoms with Crippen LogP contribution in [0.3, 0.4) is 0 Å². The number of nitrogens with zero attached hydrogens (tertiary/aromatic N) is 2. The second-order valence-electron chi connectivity index (χ2n) is 7.98. The van der Waals surface area contributed by atoms with Crippen molar-refractivity contribution in [1.29, 1.82) is 0 Å². The van der Waals surface area contributed by atoms with E-state index in [0.29, 0.717) is 10.1 Å². The lowest BCUT2D eigenvalue weighted by Gasteiger charge is -2.13. The van der Waals surface area contributed by atoms with Gasteiger partial charge in [0.15, 0.2) is 5.17 Å². The van der Waals surface area contributed by atoms with Crippen LogP contribution in [0.4, 0.5) is 5.69 Å². The molecule has 1 aromatic heterocycles. The molecule has 3 aromatic carbocycles. The molecule has 1 N–H and O–H groups in total. The van der Waals surface area contributed by atoms with Crippen LogP contribution in [0.1, 0.15) is 22.5 Å². The molecular weight excluding hydrogens is 414 g/mol. The van der Waals surface area contributed by atoms with Gasteiger partial charge in [-0.25, -0.2) is 4.99 Å². The van der Waals surface area contributed by atoms with E-state index in [-0.39, 0.29) is 5.91 Å². The zero-order chi connectivity index (χ0) is 22.2. The second-order valence-corrected chi connectivity index (χ2v) is 9.01. The normalized spacial score (nSPS) is 16.3. The number of carbonyl (C=O) groups is 1. The highest BCUT2D eigenvalue weighted by molar-refractivity contribution is 8.18. The molecule has 0 aliphatic carbocycles. The van der Waals surface area contributed by atoms with E-state index in [0.717, 1.165) is 28.3 Å². The number of aromatic nitrogens is 1. The molecule has 0 bridgehead atoms. The molecule has 158 valence electrons. The van der Waals surface area contributed by atoms with E-state index >= 15 is 0 Å². The SMILES string of the molecule is Cc1ccc(N=C2NC(=O)/C(=C\c3cc(C)n(-c4cccc5ccccc45)c3C)S2)cc1. The van der Waals surface area contributed by atoms with Crippen LogP contribution in [0.2, 0.25) is 0 Å². The fourth-order valence-electron chi connectivity index (χ4n) is 4.07. The van der Waals surface area contributed by atoms with E-state index in [9.17, 15) is 4.79 Å². The highest BCUT2D eigenvalue weighted by Gasteiger charge is 2.24. The maximum Gasteiger partial charge on any atom is 0.264 e. The third-order valence-electron chi connectivity index (χ3n) is 5.68. The van der Waals surface area contributed by atoms with Crippen LogP contribution in [0.25, 0.3) is 22.5 Å². The fraction of sp³-hybridized carbons (Fsp3) is 0.111. The number of benzene rings is 3. The highest BCUT2D eigenvalue weighted by atomic mass is 32.2. The fourth-order valence-corrected chi connectivity index (χ4v) is 4.90. The van der Waals surface area contributed by atoms with Crippen molar-refractivity contribution >= 4 is 45.4 Å². The van der Waals surface area contributed by atoms with Crippen molar-refractivity contribution in [3.05, 3.63) is 100 Å². The molecule has 2 heterocycles. The minimum Gasteiger partial charge on any atom is -0.317 e. The van der Waals surface area contributed by atoms with E-state index in [1.165, 1.54) is 28.1 Å². The third kappa shape index (κ3) is 3.76. The van der Waals surface area contributed by atoms with Crippen molar-refractivity contribution in [3.8, 4) is 5.69 Å². The van der Waals surface area contributed by atoms with Gasteiger partial charge in [-0.2, -0.15) is 0 Å². The molecule has 1 saturated heterocycles. The van der Waals surface area contributed by atoms with E-state index in [4.69, 9.17) is 0 Å². The number of rotatable bonds is 3. The lowest BCUT2D eigenvalue weighted by atomic mass is 10.1. The van der Waals surface area contributed by atoms with Crippen molar-refractivity contribution in [2.75, 3.05) is 0 Å². The van der Waals surface area contributed by atoms with Gasteiger partial charge in [0.05, 0.1) is 16.3 Å². The Morgan fingerprint density at radius 1 is 0.938 bits per heavy atom. The lowest BCUT2D eigenvalue weighted by Crippen LogP contribution is -2.19. The van der Waals surface area contributed by atoms with Gasteiger partial charge in [0.2, 0.25) is 0 Å². The minimum atomic E-state index is -0.115. The van der Waals surface area contributed by atoms with Crippen molar-refractivity contribution in [3.63, 3.8) is 0 Å². The maximum absolute atomic E-state index is 12.6. The number of aliphatic imine (C=N–C) groups is 1. The van der Waals surface area contributed by atoms with Crippen molar-refractivity contribution in [2.24, 2.45) is 4.99 Å². The molecule has 1 aliphatic heterocycles. The Kier molecular flexibility index (Phi) is 5.19. The van der Waals surface area contributed by atoms with Gasteiger partial charge in [0.1, 0.15) is 0 Å². The van der Waals surface area contributed by atoms with Gasteiger partial charge in [0, 0.05) is 16.8 Å². The van der Waals surface area contributed by atoms with Gasteiger partial charge in [0.25, 0.3) is 5.91 Å². The first-order valence-corrected chi connectivity index (χ1v) is 11.3. The molecule has 5 rings (SSSR count). The summed E-state index contributed by atoms with van der Waals surface area (Å²) in [6.07, 6.45) is 1.96. The number of amidine groups is 1. The average molecular weight is 438 g/mol. The summed E-state index contributed by atoms with van der Waals surface area (Å²) in [7, 11) is 0. The quantitative estimate of drug-likeness (QED) is 0.375. The van der Waals surface area contributed by atoms with Crippen molar-refractivity contribution in [2.45, 2.75) is 20.8 Å². The average Bonchev–Trinajstić information content (AvgIpc) is 3.27. The Bertz CT molecular complexity index is 1410. The van der Waals surface area contributed by atoms with E-state index in [1.807, 2.05) is 37.3 Å². The van der Waals surface area contributed by atoms with Crippen LogP contribution in [-0.4, -0.2) is 15.6 Å². The summed E-state index contributed by atoms with van der Waals surface area (Å²) in [5.41, 5.74) is 6.41. The minimum absolute atomic E-state index is 0.115. The number of nitrogens with one attached hydrogen (secondary N) is 1. The largest absolute Gasteiger partial charge is 0.317 e. The molecule has 0 spiro atoms. The van der Waals surface area contributed by atoms with E-state index in [1.54, 1.807) is 0 Å². The second kappa shape index (κ2) is 8.17. The van der Waals surface area contributed by atoms with Gasteiger partial charge in [-0.05, 0) is 73.8 Å². The molecule has 5 heteroatoms. The van der Waals surface area contributed by atoms with Crippen LogP contribution in [0.5, 0.6) is 0 Å². The zero-order valence-corrected chi connectivity index (χ0v) is 19.0. The summed E-state index contributed by atoms with van der Waals surface area (Å²) in [6, 6.07) is 24.8. The molecule has 32 heavy (non-hydrogen) atoms. The summed E-state index contributed by atoms with van der Waals surface area (Å²) < 4.78 is 2.26. The zero-order valence-electron chi connectivity index (χ0n) is 18.2. The molecule has 1 amide bonds. The maximum atomic E-state index is 12.6. The number of hydrogen-bond donors (Lipinski definition) is 1. The van der Waals surface area contributed by atoms with Crippen molar-refractivity contribution in [1.82, 2.24) is 9.88 Å². The summed E-state index contributed by atoms with van der Waals surface area (Å²) in [4.78, 5) is 17.8. The topological polar surface area (TPSA) is 46.4 Å². The highest BCUT2D eigenvalue weighted by Crippen LogP contribution is 2.32. The Balaban J connectivity index is 1.50. The first-order valence-electron chi connectivity index (χ1n) is 10.5. The predicted molar refractivity (Wildman–Crippen MR) is 135 cm³/mol. The number of amides is 1. The Morgan fingerprint density at radius 3 is 2.50 bits per heavy atom. The third-order valence-corrected chi connectivity index (χ3v) is 6.59. The van der Waals surface area contributed by atoms with Gasteiger partial charge >= 0.3 is 0 Å². The molecule has 0 saturated carbocycles.